The lowest BCUT2D eigenvalue weighted by molar-refractivity contribution is -0.122. The van der Waals surface area contributed by atoms with Crippen LogP contribution in [-0.2, 0) is 27.7 Å². The highest BCUT2D eigenvalue weighted by atomic mass is 32.2. The quantitative estimate of drug-likeness (QED) is 0.437. The van der Waals surface area contributed by atoms with Gasteiger partial charge < -0.3 is 14.8 Å². The smallest absolute Gasteiger partial charge is 0.257 e. The minimum atomic E-state index is -3.73. The number of anilines is 1. The van der Waals surface area contributed by atoms with E-state index in [-0.39, 0.29) is 29.4 Å². The summed E-state index contributed by atoms with van der Waals surface area (Å²) >= 11 is 1.38. The standard InChI is InChI=1S/C23H22N4O6S2/c24-35(30,31)15-4-1-13(2-5-15)9-10-25-22(29)16-6-8-19-20(16)26-23(34-19)27-21(28)14-3-7-17-18(11-14)33-12-32-17/h1-5,7,11,16H,6,8-10,12H2,(H,25,29)(H2,24,30,31)(H,26,27,28). The van der Waals surface area contributed by atoms with E-state index in [1.165, 1.54) is 23.5 Å². The molecule has 2 aromatic carbocycles. The van der Waals surface area contributed by atoms with Crippen LogP contribution in [-0.4, -0.2) is 38.6 Å². The Kier molecular flexibility index (Phi) is 6.17. The molecule has 1 atom stereocenters. The van der Waals surface area contributed by atoms with Crippen LogP contribution in [0.5, 0.6) is 11.5 Å². The number of ether oxygens (including phenoxy) is 2. The number of fused-ring (bicyclic) bond motifs is 2. The Balaban J connectivity index is 1.17. The number of aryl methyl sites for hydroxylation is 1. The number of nitrogens with zero attached hydrogens (tertiary/aromatic N) is 1. The van der Waals surface area contributed by atoms with Gasteiger partial charge in [0, 0.05) is 17.0 Å². The molecular weight excluding hydrogens is 492 g/mol. The number of carbonyl (C=O) groups excluding carboxylic acids is 2. The van der Waals surface area contributed by atoms with Crippen molar-refractivity contribution in [3.8, 4) is 11.5 Å². The fraction of sp³-hybridized carbons (Fsp3) is 0.261. The summed E-state index contributed by atoms with van der Waals surface area (Å²) in [6, 6.07) is 11.2. The number of carbonyl (C=O) groups is 2. The Morgan fingerprint density at radius 3 is 2.66 bits per heavy atom. The third kappa shape index (κ3) is 4.99. The Bertz CT molecular complexity index is 1400. The molecule has 2 amide bonds. The third-order valence-electron chi connectivity index (χ3n) is 5.85. The van der Waals surface area contributed by atoms with Crippen molar-refractivity contribution < 1.29 is 27.5 Å². The van der Waals surface area contributed by atoms with Crippen LogP contribution in [0.1, 0.15) is 38.8 Å². The second kappa shape index (κ2) is 9.29. The van der Waals surface area contributed by atoms with Crippen LogP contribution in [0.4, 0.5) is 5.13 Å². The van der Waals surface area contributed by atoms with E-state index in [0.29, 0.717) is 47.3 Å². The van der Waals surface area contributed by atoms with E-state index in [2.05, 4.69) is 15.6 Å². The monoisotopic (exact) mass is 514 g/mol. The van der Waals surface area contributed by atoms with Gasteiger partial charge in [0.25, 0.3) is 5.91 Å². The molecule has 3 aromatic rings. The maximum Gasteiger partial charge on any atom is 0.257 e. The fourth-order valence-corrected chi connectivity index (χ4v) is 5.59. The number of thiazole rings is 1. The van der Waals surface area contributed by atoms with Gasteiger partial charge in [-0.25, -0.2) is 18.5 Å². The fourth-order valence-electron chi connectivity index (χ4n) is 4.04. The van der Waals surface area contributed by atoms with Crippen molar-refractivity contribution in [2.75, 3.05) is 18.7 Å². The number of nitrogens with two attached hydrogens (primary N) is 1. The normalized spacial score (nSPS) is 16.1. The van der Waals surface area contributed by atoms with E-state index < -0.39 is 10.0 Å². The van der Waals surface area contributed by atoms with E-state index in [1.807, 2.05) is 0 Å². The Hall–Kier alpha value is -3.48. The van der Waals surface area contributed by atoms with Crippen molar-refractivity contribution in [3.63, 3.8) is 0 Å². The second-order valence-electron chi connectivity index (χ2n) is 8.17. The lowest BCUT2D eigenvalue weighted by atomic mass is 10.1. The molecule has 2 heterocycles. The van der Waals surface area contributed by atoms with E-state index in [9.17, 15) is 18.0 Å². The summed E-state index contributed by atoms with van der Waals surface area (Å²) in [4.78, 5) is 31.0. The summed E-state index contributed by atoms with van der Waals surface area (Å²) < 4.78 is 33.3. The van der Waals surface area contributed by atoms with Crippen molar-refractivity contribution in [3.05, 3.63) is 64.2 Å². The number of nitrogens with one attached hydrogen (secondary N) is 2. The number of aromatic nitrogens is 1. The summed E-state index contributed by atoms with van der Waals surface area (Å²) in [5.74, 6) is 0.316. The SMILES string of the molecule is NS(=O)(=O)c1ccc(CCNC(=O)C2CCc3sc(NC(=O)c4ccc5c(c4)OCO5)nc32)cc1. The van der Waals surface area contributed by atoms with Crippen molar-refractivity contribution >= 4 is 38.3 Å². The molecule has 5 rings (SSSR count). The molecule has 0 spiro atoms. The first-order chi connectivity index (χ1) is 16.8. The number of sulfonamides is 1. The first kappa shape index (κ1) is 23.3. The van der Waals surface area contributed by atoms with Crippen molar-refractivity contribution in [2.45, 2.75) is 30.1 Å². The highest BCUT2D eigenvalue weighted by Gasteiger charge is 2.32. The van der Waals surface area contributed by atoms with Gasteiger partial charge in [-0.15, -0.1) is 11.3 Å². The predicted molar refractivity (Wildman–Crippen MR) is 128 cm³/mol. The highest BCUT2D eigenvalue weighted by Crippen LogP contribution is 2.39. The zero-order valence-electron chi connectivity index (χ0n) is 18.4. The number of hydrogen-bond acceptors (Lipinski definition) is 8. The Labute approximate surface area is 205 Å². The molecule has 0 radical (unpaired) electrons. The number of primary sulfonamides is 1. The summed E-state index contributed by atoms with van der Waals surface area (Å²) in [5.41, 5.74) is 2.01. The molecule has 0 fully saturated rings. The molecule has 0 saturated heterocycles. The van der Waals surface area contributed by atoms with Crippen LogP contribution in [0, 0.1) is 0 Å². The van der Waals surface area contributed by atoms with Crippen molar-refractivity contribution in [1.29, 1.82) is 0 Å². The molecule has 0 saturated carbocycles. The topological polar surface area (TPSA) is 150 Å². The van der Waals surface area contributed by atoms with Gasteiger partial charge in [0.2, 0.25) is 22.7 Å². The van der Waals surface area contributed by atoms with Crippen LogP contribution in [0.25, 0.3) is 0 Å². The molecule has 12 heteroatoms. The Morgan fingerprint density at radius 1 is 1.11 bits per heavy atom. The third-order valence-corrected chi connectivity index (χ3v) is 7.83. The summed E-state index contributed by atoms with van der Waals surface area (Å²) in [6.45, 7) is 0.533. The van der Waals surface area contributed by atoms with Gasteiger partial charge in [0.05, 0.1) is 16.5 Å². The number of rotatable bonds is 7. The minimum absolute atomic E-state index is 0.0497. The average Bonchev–Trinajstić information content (AvgIpc) is 3.54. The lowest BCUT2D eigenvalue weighted by Gasteiger charge is -2.11. The van der Waals surface area contributed by atoms with Gasteiger partial charge in [0.15, 0.2) is 16.6 Å². The summed E-state index contributed by atoms with van der Waals surface area (Å²) in [6.07, 6.45) is 1.93. The zero-order valence-corrected chi connectivity index (χ0v) is 20.1. The lowest BCUT2D eigenvalue weighted by Crippen LogP contribution is -2.30. The van der Waals surface area contributed by atoms with Crippen molar-refractivity contribution in [2.24, 2.45) is 5.14 Å². The van der Waals surface area contributed by atoms with Gasteiger partial charge in [-0.05, 0) is 55.2 Å². The molecular formula is C23H22N4O6S2. The van der Waals surface area contributed by atoms with Crippen LogP contribution in [0.3, 0.4) is 0 Å². The number of hydrogen-bond donors (Lipinski definition) is 3. The molecule has 1 aliphatic heterocycles. The summed E-state index contributed by atoms with van der Waals surface area (Å²) in [7, 11) is -3.73. The van der Waals surface area contributed by atoms with E-state index in [1.54, 1.807) is 30.3 Å². The van der Waals surface area contributed by atoms with Crippen LogP contribution >= 0.6 is 11.3 Å². The van der Waals surface area contributed by atoms with Gasteiger partial charge >= 0.3 is 0 Å². The number of benzene rings is 2. The van der Waals surface area contributed by atoms with Crippen LogP contribution < -0.4 is 25.2 Å². The van der Waals surface area contributed by atoms with Gasteiger partial charge in [-0.2, -0.15) is 0 Å². The highest BCUT2D eigenvalue weighted by molar-refractivity contribution is 7.89. The van der Waals surface area contributed by atoms with Crippen LogP contribution in [0.2, 0.25) is 0 Å². The molecule has 182 valence electrons. The first-order valence-corrected chi connectivity index (χ1v) is 13.2. The molecule has 4 N–H and O–H groups in total. The van der Waals surface area contributed by atoms with E-state index in [4.69, 9.17) is 14.6 Å². The largest absolute Gasteiger partial charge is 0.454 e. The maximum absolute atomic E-state index is 12.8. The minimum Gasteiger partial charge on any atom is -0.454 e. The second-order valence-corrected chi connectivity index (χ2v) is 10.8. The molecule has 0 bridgehead atoms. The van der Waals surface area contributed by atoms with Crippen molar-refractivity contribution in [1.82, 2.24) is 10.3 Å². The van der Waals surface area contributed by atoms with Gasteiger partial charge in [0.1, 0.15) is 0 Å². The molecule has 10 nitrogen and oxygen atoms in total. The maximum atomic E-state index is 12.8. The number of amides is 2. The predicted octanol–water partition coefficient (Wildman–Crippen LogP) is 2.16. The van der Waals surface area contributed by atoms with Gasteiger partial charge in [-0.1, -0.05) is 12.1 Å². The molecule has 1 aliphatic carbocycles. The summed E-state index contributed by atoms with van der Waals surface area (Å²) in [5, 5.41) is 11.3. The molecule has 2 aliphatic rings. The molecule has 35 heavy (non-hydrogen) atoms. The average molecular weight is 515 g/mol. The van der Waals surface area contributed by atoms with E-state index in [0.717, 1.165) is 16.9 Å². The first-order valence-electron chi connectivity index (χ1n) is 10.9. The Morgan fingerprint density at radius 2 is 1.89 bits per heavy atom. The van der Waals surface area contributed by atoms with E-state index >= 15 is 0 Å². The van der Waals surface area contributed by atoms with Crippen LogP contribution in [0.15, 0.2) is 47.4 Å². The zero-order chi connectivity index (χ0) is 24.6. The molecule has 1 unspecified atom stereocenters. The van der Waals surface area contributed by atoms with Gasteiger partial charge in [-0.3, -0.25) is 14.9 Å². The molecule has 1 aromatic heterocycles.